The molecule has 1 aromatic rings. The van der Waals surface area contributed by atoms with Crippen LogP contribution in [0.3, 0.4) is 0 Å². The van der Waals surface area contributed by atoms with E-state index in [0.717, 1.165) is 17.7 Å². The lowest BCUT2D eigenvalue weighted by Crippen LogP contribution is -2.31. The van der Waals surface area contributed by atoms with Gasteiger partial charge in [-0.25, -0.2) is 0 Å². The number of hydrogen-bond acceptors (Lipinski definition) is 5. The molecule has 23 heavy (non-hydrogen) atoms. The molecule has 124 valence electrons. The fourth-order valence-corrected chi connectivity index (χ4v) is 3.45. The standard InChI is InChI=1S/C16H17ClO5S/c1-11-2-5-14(6-3-11)23(18,19)21-10-13-9-20-15-7-4-12(17)8-16(15)22-13/h2-3,5-6,8,13H,4,7,9-10H2,1H3/t13-/m1/s1. The monoisotopic (exact) mass is 356 g/mol. The van der Waals surface area contributed by atoms with E-state index in [1.807, 2.05) is 6.92 Å². The lowest BCUT2D eigenvalue weighted by Gasteiger charge is -2.29. The molecular weight excluding hydrogens is 340 g/mol. The average molecular weight is 357 g/mol. The van der Waals surface area contributed by atoms with E-state index in [2.05, 4.69) is 0 Å². The summed E-state index contributed by atoms with van der Waals surface area (Å²) in [6.45, 7) is 2.03. The smallest absolute Gasteiger partial charge is 0.297 e. The predicted molar refractivity (Wildman–Crippen MR) is 85.3 cm³/mol. The molecule has 0 aromatic heterocycles. The van der Waals surface area contributed by atoms with E-state index >= 15 is 0 Å². The molecule has 1 aliphatic heterocycles. The molecule has 0 spiro atoms. The molecule has 7 heteroatoms. The zero-order valence-electron chi connectivity index (χ0n) is 12.6. The molecule has 1 aliphatic carbocycles. The molecule has 0 N–H and O–H groups in total. The molecule has 0 radical (unpaired) electrons. The van der Waals surface area contributed by atoms with Crippen LogP contribution < -0.4 is 0 Å². The van der Waals surface area contributed by atoms with Crippen LogP contribution in [0, 0.1) is 6.92 Å². The van der Waals surface area contributed by atoms with Crippen molar-refractivity contribution in [1.82, 2.24) is 0 Å². The lowest BCUT2D eigenvalue weighted by atomic mass is 10.1. The summed E-state index contributed by atoms with van der Waals surface area (Å²) in [5, 5.41) is 0.696. The van der Waals surface area contributed by atoms with Crippen molar-refractivity contribution in [3.05, 3.63) is 52.5 Å². The van der Waals surface area contributed by atoms with E-state index in [0.29, 0.717) is 17.2 Å². The number of aryl methyl sites for hydroxylation is 1. The van der Waals surface area contributed by atoms with Gasteiger partial charge in [0.15, 0.2) is 11.9 Å². The van der Waals surface area contributed by atoms with Crippen LogP contribution in [0.1, 0.15) is 18.4 Å². The van der Waals surface area contributed by atoms with Gasteiger partial charge in [0.1, 0.15) is 19.0 Å². The zero-order chi connectivity index (χ0) is 16.4. The van der Waals surface area contributed by atoms with E-state index < -0.39 is 16.2 Å². The van der Waals surface area contributed by atoms with Crippen LogP contribution in [0.5, 0.6) is 0 Å². The molecular formula is C16H17ClO5S. The third kappa shape index (κ3) is 3.88. The maximum absolute atomic E-state index is 12.2. The second kappa shape index (κ2) is 6.55. The first kappa shape index (κ1) is 16.4. The van der Waals surface area contributed by atoms with Crippen molar-refractivity contribution in [2.75, 3.05) is 13.2 Å². The van der Waals surface area contributed by atoms with Gasteiger partial charge in [0.25, 0.3) is 10.1 Å². The summed E-state index contributed by atoms with van der Waals surface area (Å²) in [6.07, 6.45) is 2.64. The van der Waals surface area contributed by atoms with Gasteiger partial charge in [0.2, 0.25) is 0 Å². The minimum absolute atomic E-state index is 0.113. The fourth-order valence-electron chi connectivity index (χ4n) is 2.32. The number of halogens is 1. The van der Waals surface area contributed by atoms with Crippen LogP contribution >= 0.6 is 11.6 Å². The Kier molecular flexibility index (Phi) is 4.66. The molecule has 0 fully saturated rings. The van der Waals surface area contributed by atoms with Gasteiger partial charge in [-0.05, 0) is 31.6 Å². The van der Waals surface area contributed by atoms with Gasteiger partial charge in [-0.3, -0.25) is 4.18 Å². The Morgan fingerprint density at radius 3 is 2.74 bits per heavy atom. The zero-order valence-corrected chi connectivity index (χ0v) is 14.2. The Bertz CT molecular complexity index is 749. The molecule has 1 heterocycles. The van der Waals surface area contributed by atoms with Crippen molar-refractivity contribution in [3.8, 4) is 0 Å². The first-order chi connectivity index (χ1) is 10.9. The summed E-state index contributed by atoms with van der Waals surface area (Å²) in [6, 6.07) is 6.49. The van der Waals surface area contributed by atoms with Gasteiger partial charge in [-0.1, -0.05) is 29.3 Å². The van der Waals surface area contributed by atoms with Gasteiger partial charge in [0.05, 0.1) is 4.90 Å². The van der Waals surface area contributed by atoms with Crippen LogP contribution in [0.15, 0.2) is 51.8 Å². The minimum Gasteiger partial charge on any atom is -0.490 e. The summed E-state index contributed by atoms with van der Waals surface area (Å²) in [4.78, 5) is 0.125. The highest BCUT2D eigenvalue weighted by molar-refractivity contribution is 7.86. The number of allylic oxidation sites excluding steroid dienone is 3. The third-order valence-corrected chi connectivity index (χ3v) is 5.20. The number of ether oxygens (including phenoxy) is 2. The summed E-state index contributed by atoms with van der Waals surface area (Å²) in [7, 11) is -3.81. The molecule has 3 rings (SSSR count). The number of benzene rings is 1. The van der Waals surface area contributed by atoms with Gasteiger partial charge in [0, 0.05) is 11.5 Å². The average Bonchev–Trinajstić information content (AvgIpc) is 2.53. The molecule has 0 amide bonds. The van der Waals surface area contributed by atoms with Gasteiger partial charge >= 0.3 is 0 Å². The van der Waals surface area contributed by atoms with Crippen molar-refractivity contribution in [2.24, 2.45) is 0 Å². The highest BCUT2D eigenvalue weighted by atomic mass is 35.5. The van der Waals surface area contributed by atoms with Gasteiger partial charge < -0.3 is 9.47 Å². The third-order valence-electron chi connectivity index (χ3n) is 3.61. The molecule has 5 nitrogen and oxygen atoms in total. The van der Waals surface area contributed by atoms with Crippen molar-refractivity contribution >= 4 is 21.7 Å². The van der Waals surface area contributed by atoms with Crippen molar-refractivity contribution in [1.29, 1.82) is 0 Å². The molecule has 0 unspecified atom stereocenters. The van der Waals surface area contributed by atoms with Crippen molar-refractivity contribution < 1.29 is 22.1 Å². The maximum Gasteiger partial charge on any atom is 0.297 e. The SMILES string of the molecule is Cc1ccc(S(=O)(=O)OC[C@H]2COC3=C(C=C(Cl)CC3)O2)cc1. The summed E-state index contributed by atoms with van der Waals surface area (Å²) >= 11 is 5.99. The van der Waals surface area contributed by atoms with E-state index in [-0.39, 0.29) is 18.1 Å². The number of hydrogen-bond donors (Lipinski definition) is 0. The molecule has 2 aliphatic rings. The summed E-state index contributed by atoms with van der Waals surface area (Å²) in [5.41, 5.74) is 0.980. The fraction of sp³-hybridized carbons (Fsp3) is 0.375. The highest BCUT2D eigenvalue weighted by Crippen LogP contribution is 2.31. The highest BCUT2D eigenvalue weighted by Gasteiger charge is 2.27. The Hall–Kier alpha value is -1.50. The second-order valence-electron chi connectivity index (χ2n) is 5.48. The topological polar surface area (TPSA) is 61.8 Å². The molecule has 0 bridgehead atoms. The van der Waals surface area contributed by atoms with Crippen LogP contribution in [0.25, 0.3) is 0 Å². The van der Waals surface area contributed by atoms with E-state index in [4.69, 9.17) is 25.3 Å². The van der Waals surface area contributed by atoms with Crippen molar-refractivity contribution in [2.45, 2.75) is 30.8 Å². The van der Waals surface area contributed by atoms with Crippen LogP contribution in [0.4, 0.5) is 0 Å². The van der Waals surface area contributed by atoms with E-state index in [9.17, 15) is 8.42 Å². The van der Waals surface area contributed by atoms with Crippen LogP contribution in [-0.4, -0.2) is 27.7 Å². The Balaban J connectivity index is 1.63. The van der Waals surface area contributed by atoms with Gasteiger partial charge in [-0.2, -0.15) is 8.42 Å². The molecule has 0 saturated heterocycles. The van der Waals surface area contributed by atoms with Crippen molar-refractivity contribution in [3.63, 3.8) is 0 Å². The second-order valence-corrected chi connectivity index (χ2v) is 7.58. The number of rotatable bonds is 4. The Morgan fingerprint density at radius 1 is 1.26 bits per heavy atom. The van der Waals surface area contributed by atoms with Crippen LogP contribution in [0.2, 0.25) is 0 Å². The minimum atomic E-state index is -3.81. The summed E-state index contributed by atoms with van der Waals surface area (Å²) in [5.74, 6) is 1.32. The van der Waals surface area contributed by atoms with E-state index in [1.54, 1.807) is 18.2 Å². The van der Waals surface area contributed by atoms with Crippen LogP contribution in [-0.2, 0) is 23.8 Å². The first-order valence-corrected chi connectivity index (χ1v) is 9.07. The quantitative estimate of drug-likeness (QED) is 0.775. The normalized spacial score (nSPS) is 21.1. The van der Waals surface area contributed by atoms with Gasteiger partial charge in [-0.15, -0.1) is 0 Å². The maximum atomic E-state index is 12.2. The Morgan fingerprint density at radius 2 is 2.00 bits per heavy atom. The molecule has 0 saturated carbocycles. The predicted octanol–water partition coefficient (Wildman–Crippen LogP) is 3.24. The van der Waals surface area contributed by atoms with E-state index in [1.165, 1.54) is 12.1 Å². The molecule has 1 atom stereocenters. The Labute approximate surface area is 140 Å². The molecule has 1 aromatic carbocycles. The largest absolute Gasteiger partial charge is 0.490 e. The lowest BCUT2D eigenvalue weighted by molar-refractivity contribution is -0.0228. The summed E-state index contributed by atoms with van der Waals surface area (Å²) < 4.78 is 40.7. The first-order valence-electron chi connectivity index (χ1n) is 7.29.